The van der Waals surface area contributed by atoms with Crippen LogP contribution >= 0.6 is 15.9 Å². The number of carboxylic acids is 1. The van der Waals surface area contributed by atoms with Gasteiger partial charge in [-0.3, -0.25) is 14.4 Å². The normalized spacial score (nSPS) is 19.7. The van der Waals surface area contributed by atoms with Gasteiger partial charge in [0.1, 0.15) is 12.3 Å². The molecular formula is C23H24BrNO5. The van der Waals surface area contributed by atoms with Gasteiger partial charge in [0.15, 0.2) is 11.6 Å². The van der Waals surface area contributed by atoms with Crippen LogP contribution in [0.2, 0.25) is 0 Å². The molecule has 0 saturated heterocycles. The van der Waals surface area contributed by atoms with Crippen LogP contribution in [0.25, 0.3) is 0 Å². The van der Waals surface area contributed by atoms with Gasteiger partial charge >= 0.3 is 5.97 Å². The van der Waals surface area contributed by atoms with Crippen molar-refractivity contribution in [1.29, 1.82) is 0 Å². The number of hydrogen-bond acceptors (Lipinski definition) is 5. The Labute approximate surface area is 183 Å². The van der Waals surface area contributed by atoms with Gasteiger partial charge < -0.3 is 14.7 Å². The Balaban J connectivity index is 1.99. The highest BCUT2D eigenvalue weighted by atomic mass is 79.9. The Morgan fingerprint density at radius 3 is 2.23 bits per heavy atom. The Hall–Kier alpha value is -2.41. The van der Waals surface area contributed by atoms with Crippen molar-refractivity contribution in [3.63, 3.8) is 0 Å². The second-order valence-electron chi connectivity index (χ2n) is 7.80. The summed E-state index contributed by atoms with van der Waals surface area (Å²) in [4.78, 5) is 39.7. The summed E-state index contributed by atoms with van der Waals surface area (Å²) in [6, 6.07) is 5.65. The molecule has 158 valence electrons. The van der Waals surface area contributed by atoms with E-state index in [0.29, 0.717) is 62.0 Å². The molecule has 0 spiro atoms. The largest absolute Gasteiger partial charge is 0.494 e. The zero-order valence-corrected chi connectivity index (χ0v) is 18.5. The van der Waals surface area contributed by atoms with Gasteiger partial charge in [0.05, 0.1) is 6.61 Å². The molecule has 2 aliphatic carbocycles. The number of benzene rings is 1. The van der Waals surface area contributed by atoms with E-state index in [1.165, 1.54) is 0 Å². The Kier molecular flexibility index (Phi) is 5.82. The van der Waals surface area contributed by atoms with Crippen molar-refractivity contribution >= 4 is 33.5 Å². The molecular weight excluding hydrogens is 450 g/mol. The van der Waals surface area contributed by atoms with Crippen LogP contribution < -0.4 is 4.74 Å². The van der Waals surface area contributed by atoms with Crippen molar-refractivity contribution in [2.45, 2.75) is 51.4 Å². The molecule has 1 aromatic rings. The Morgan fingerprint density at radius 1 is 1.10 bits per heavy atom. The van der Waals surface area contributed by atoms with Gasteiger partial charge in [-0.2, -0.15) is 0 Å². The maximum Gasteiger partial charge on any atom is 0.323 e. The maximum absolute atomic E-state index is 13.2. The lowest BCUT2D eigenvalue weighted by Gasteiger charge is -2.43. The lowest BCUT2D eigenvalue weighted by molar-refractivity contribution is -0.138. The highest BCUT2D eigenvalue weighted by Gasteiger charge is 2.44. The summed E-state index contributed by atoms with van der Waals surface area (Å²) in [5.74, 6) is -0.860. The van der Waals surface area contributed by atoms with Crippen LogP contribution in [0.1, 0.15) is 56.9 Å². The molecule has 1 aromatic carbocycles. The number of aliphatic carboxylic acids is 1. The first-order valence-corrected chi connectivity index (χ1v) is 11.2. The number of allylic oxidation sites excluding steroid dienone is 4. The van der Waals surface area contributed by atoms with E-state index in [0.717, 1.165) is 21.4 Å². The average Bonchev–Trinajstić information content (AvgIpc) is 2.70. The summed E-state index contributed by atoms with van der Waals surface area (Å²) < 4.78 is 6.71. The number of carboxylic acid groups (broad SMARTS) is 1. The predicted molar refractivity (Wildman–Crippen MR) is 114 cm³/mol. The van der Waals surface area contributed by atoms with E-state index in [4.69, 9.17) is 4.74 Å². The molecule has 0 fully saturated rings. The second-order valence-corrected chi connectivity index (χ2v) is 8.72. The molecule has 1 N–H and O–H groups in total. The first-order chi connectivity index (χ1) is 14.4. The minimum Gasteiger partial charge on any atom is -0.494 e. The summed E-state index contributed by atoms with van der Waals surface area (Å²) in [7, 11) is 0. The zero-order valence-electron chi connectivity index (χ0n) is 16.9. The summed E-state index contributed by atoms with van der Waals surface area (Å²) >= 11 is 3.52. The third kappa shape index (κ3) is 3.60. The highest BCUT2D eigenvalue weighted by molar-refractivity contribution is 9.10. The molecule has 0 atom stereocenters. The molecule has 4 rings (SSSR count). The third-order valence-electron chi connectivity index (χ3n) is 5.96. The Bertz CT molecular complexity index is 949. The number of ether oxygens (including phenoxy) is 1. The minimum atomic E-state index is -0.972. The van der Waals surface area contributed by atoms with E-state index in [-0.39, 0.29) is 18.1 Å². The first-order valence-electron chi connectivity index (χ1n) is 10.4. The number of halogens is 1. The number of rotatable bonds is 5. The number of Topliss-reactive ketones (excluding diaryl/α,β-unsaturated/α-hetero) is 2. The van der Waals surface area contributed by atoms with E-state index in [1.807, 2.05) is 25.1 Å². The molecule has 0 amide bonds. The van der Waals surface area contributed by atoms with Crippen molar-refractivity contribution in [3.8, 4) is 5.75 Å². The lowest BCUT2D eigenvalue weighted by atomic mass is 9.70. The van der Waals surface area contributed by atoms with Crippen molar-refractivity contribution < 1.29 is 24.2 Å². The van der Waals surface area contributed by atoms with E-state index in [1.54, 1.807) is 4.90 Å². The summed E-state index contributed by atoms with van der Waals surface area (Å²) in [5.41, 5.74) is 3.43. The molecule has 7 heteroatoms. The summed E-state index contributed by atoms with van der Waals surface area (Å²) in [6.45, 7) is 2.13. The molecule has 0 bridgehead atoms. The molecule has 1 aliphatic heterocycles. The van der Waals surface area contributed by atoms with Crippen molar-refractivity contribution in [3.05, 3.63) is 50.8 Å². The summed E-state index contributed by atoms with van der Waals surface area (Å²) in [5, 5.41) is 9.53. The van der Waals surface area contributed by atoms with Gasteiger partial charge in [0.2, 0.25) is 0 Å². The van der Waals surface area contributed by atoms with E-state index in [2.05, 4.69) is 15.9 Å². The van der Waals surface area contributed by atoms with E-state index in [9.17, 15) is 19.5 Å². The molecule has 6 nitrogen and oxygen atoms in total. The van der Waals surface area contributed by atoms with Crippen LogP contribution in [0.15, 0.2) is 45.2 Å². The monoisotopic (exact) mass is 473 g/mol. The van der Waals surface area contributed by atoms with Crippen LogP contribution in [0.3, 0.4) is 0 Å². The van der Waals surface area contributed by atoms with Crippen LogP contribution in [0.4, 0.5) is 0 Å². The fourth-order valence-electron chi connectivity index (χ4n) is 4.89. The predicted octanol–water partition coefficient (Wildman–Crippen LogP) is 4.35. The van der Waals surface area contributed by atoms with Gasteiger partial charge in [-0.1, -0.05) is 15.9 Å². The van der Waals surface area contributed by atoms with Crippen LogP contribution in [-0.4, -0.2) is 40.7 Å². The molecule has 1 heterocycles. The van der Waals surface area contributed by atoms with Crippen LogP contribution in [0, 0.1) is 0 Å². The summed E-state index contributed by atoms with van der Waals surface area (Å²) in [6.07, 6.45) is 3.46. The quantitative estimate of drug-likeness (QED) is 0.684. The third-order valence-corrected chi connectivity index (χ3v) is 6.46. The fourth-order valence-corrected chi connectivity index (χ4v) is 5.26. The molecule has 30 heavy (non-hydrogen) atoms. The molecule has 0 saturated carbocycles. The molecule has 0 aromatic heterocycles. The smallest absolute Gasteiger partial charge is 0.323 e. The highest BCUT2D eigenvalue weighted by Crippen LogP contribution is 2.51. The maximum atomic E-state index is 13.2. The number of carbonyl (C=O) groups excluding carboxylic acids is 2. The van der Waals surface area contributed by atoms with E-state index >= 15 is 0 Å². The minimum absolute atomic E-state index is 0.0102. The van der Waals surface area contributed by atoms with Crippen LogP contribution in [-0.2, 0) is 14.4 Å². The fraction of sp³-hybridized carbons (Fsp3) is 0.435. The standard InChI is InChI=1S/C23H24BrNO5/c1-2-30-19-10-9-13(24)11-14(19)21-22-15(5-3-7-17(22)26)25(12-20(28)29)16-6-4-8-18(27)23(16)21/h9-11,21H,2-8,12H2,1H3,(H,28,29). The average molecular weight is 474 g/mol. The van der Waals surface area contributed by atoms with E-state index < -0.39 is 11.9 Å². The number of nitrogens with zero attached hydrogens (tertiary/aromatic N) is 1. The number of carbonyl (C=O) groups is 3. The molecule has 3 aliphatic rings. The van der Waals surface area contributed by atoms with Crippen LogP contribution in [0.5, 0.6) is 5.75 Å². The second kappa shape index (κ2) is 8.38. The number of hydrogen-bond donors (Lipinski definition) is 1. The SMILES string of the molecule is CCOc1ccc(Br)cc1C1C2=C(CCCC2=O)N(CC(=O)O)C2=C1C(=O)CCC2. The zero-order chi connectivity index (χ0) is 21.4. The van der Waals surface area contributed by atoms with Crippen molar-refractivity contribution in [1.82, 2.24) is 4.90 Å². The van der Waals surface area contributed by atoms with Gasteiger partial charge in [-0.15, -0.1) is 0 Å². The topological polar surface area (TPSA) is 83.9 Å². The molecule has 0 unspecified atom stereocenters. The van der Waals surface area contributed by atoms with Gasteiger partial charge in [-0.05, 0) is 50.8 Å². The van der Waals surface area contributed by atoms with Crippen molar-refractivity contribution in [2.75, 3.05) is 13.2 Å². The van der Waals surface area contributed by atoms with Crippen molar-refractivity contribution in [2.24, 2.45) is 0 Å². The Morgan fingerprint density at radius 2 is 1.70 bits per heavy atom. The van der Waals surface area contributed by atoms with Gasteiger partial charge in [0, 0.05) is 51.3 Å². The molecule has 0 radical (unpaired) electrons. The number of ketones is 2. The van der Waals surface area contributed by atoms with Gasteiger partial charge in [-0.25, -0.2) is 0 Å². The first kappa shape index (κ1) is 20.8. The lowest BCUT2D eigenvalue weighted by Crippen LogP contribution is -2.41. The van der Waals surface area contributed by atoms with Gasteiger partial charge in [0.25, 0.3) is 0 Å².